The van der Waals surface area contributed by atoms with E-state index in [2.05, 4.69) is 13.8 Å². The molecule has 0 amide bonds. The Morgan fingerprint density at radius 3 is 2.58 bits per heavy atom. The van der Waals surface area contributed by atoms with Crippen LogP contribution in [0.15, 0.2) is 18.2 Å². The third-order valence-electron chi connectivity index (χ3n) is 1.81. The maximum atomic E-state index is 10.5. The summed E-state index contributed by atoms with van der Waals surface area (Å²) in [7, 11) is 0. The Bertz CT molecular complexity index is 292. The average molecular weight is 183 g/mol. The quantitative estimate of drug-likeness (QED) is 0.642. The van der Waals surface area contributed by atoms with Gasteiger partial charge in [0.15, 0.2) is 6.29 Å². The van der Waals surface area contributed by atoms with Crippen LogP contribution in [0.25, 0.3) is 0 Å². The van der Waals surface area contributed by atoms with Gasteiger partial charge in [-0.2, -0.15) is 0 Å². The van der Waals surface area contributed by atoms with E-state index in [0.29, 0.717) is 16.5 Å². The monoisotopic (exact) mass is 182 g/mol. The van der Waals surface area contributed by atoms with Crippen molar-refractivity contribution in [1.29, 1.82) is 0 Å². The Hall–Kier alpha value is -0.820. The number of halogens is 1. The first-order valence-corrected chi connectivity index (χ1v) is 4.28. The van der Waals surface area contributed by atoms with Crippen LogP contribution in [0.3, 0.4) is 0 Å². The van der Waals surface area contributed by atoms with E-state index in [4.69, 9.17) is 11.6 Å². The van der Waals surface area contributed by atoms with Gasteiger partial charge in [-0.05, 0) is 11.5 Å². The highest BCUT2D eigenvalue weighted by Gasteiger charge is 2.07. The SMILES string of the molecule is CC(C)c1cccc(C=O)c1Cl. The molecule has 0 aliphatic rings. The second-order valence-electron chi connectivity index (χ2n) is 3.02. The van der Waals surface area contributed by atoms with Crippen LogP contribution in [-0.4, -0.2) is 6.29 Å². The average Bonchev–Trinajstić information content (AvgIpc) is 2.04. The highest BCUT2D eigenvalue weighted by molar-refractivity contribution is 6.33. The first kappa shape index (κ1) is 9.27. The van der Waals surface area contributed by atoms with E-state index in [1.54, 1.807) is 6.07 Å². The van der Waals surface area contributed by atoms with Crippen LogP contribution < -0.4 is 0 Å². The van der Waals surface area contributed by atoms with Gasteiger partial charge in [0.1, 0.15) is 0 Å². The standard InChI is InChI=1S/C10H11ClO/c1-7(2)9-5-3-4-8(6-12)10(9)11/h3-7H,1-2H3. The van der Waals surface area contributed by atoms with Crippen molar-refractivity contribution in [1.82, 2.24) is 0 Å². The molecule has 0 aliphatic carbocycles. The van der Waals surface area contributed by atoms with Crippen LogP contribution >= 0.6 is 11.6 Å². The zero-order valence-electron chi connectivity index (χ0n) is 7.17. The highest BCUT2D eigenvalue weighted by atomic mass is 35.5. The van der Waals surface area contributed by atoms with E-state index in [0.717, 1.165) is 11.8 Å². The molecule has 64 valence electrons. The lowest BCUT2D eigenvalue weighted by molar-refractivity contribution is 0.112. The van der Waals surface area contributed by atoms with Gasteiger partial charge in [-0.3, -0.25) is 4.79 Å². The molecule has 1 rings (SSSR count). The second kappa shape index (κ2) is 3.72. The van der Waals surface area contributed by atoms with E-state index in [9.17, 15) is 4.79 Å². The molecule has 0 aromatic heterocycles. The second-order valence-corrected chi connectivity index (χ2v) is 3.40. The molecule has 1 aromatic rings. The number of aldehydes is 1. The number of carbonyl (C=O) groups excluding carboxylic acids is 1. The molecule has 0 bridgehead atoms. The topological polar surface area (TPSA) is 17.1 Å². The van der Waals surface area contributed by atoms with E-state index < -0.39 is 0 Å². The fourth-order valence-corrected chi connectivity index (χ4v) is 1.49. The summed E-state index contributed by atoms with van der Waals surface area (Å²) in [4.78, 5) is 10.5. The van der Waals surface area contributed by atoms with Crippen molar-refractivity contribution in [3.63, 3.8) is 0 Å². The molecule has 0 spiro atoms. The fourth-order valence-electron chi connectivity index (χ4n) is 1.11. The van der Waals surface area contributed by atoms with Crippen LogP contribution in [0.1, 0.15) is 35.7 Å². The Morgan fingerprint density at radius 2 is 2.08 bits per heavy atom. The molecule has 1 aromatic carbocycles. The summed E-state index contributed by atoms with van der Waals surface area (Å²) in [6, 6.07) is 5.52. The molecule has 0 fully saturated rings. The van der Waals surface area contributed by atoms with Crippen molar-refractivity contribution >= 4 is 17.9 Å². The van der Waals surface area contributed by atoms with Crippen LogP contribution in [0, 0.1) is 0 Å². The third-order valence-corrected chi connectivity index (χ3v) is 2.24. The number of hydrogen-bond acceptors (Lipinski definition) is 1. The van der Waals surface area contributed by atoms with E-state index in [-0.39, 0.29) is 0 Å². The van der Waals surface area contributed by atoms with Gasteiger partial charge in [-0.1, -0.05) is 43.6 Å². The zero-order valence-corrected chi connectivity index (χ0v) is 7.93. The van der Waals surface area contributed by atoms with Gasteiger partial charge < -0.3 is 0 Å². The summed E-state index contributed by atoms with van der Waals surface area (Å²) in [6.07, 6.45) is 0.786. The van der Waals surface area contributed by atoms with E-state index in [1.165, 1.54) is 0 Å². The van der Waals surface area contributed by atoms with Gasteiger partial charge in [-0.25, -0.2) is 0 Å². The minimum atomic E-state index is 0.359. The molecule has 0 N–H and O–H groups in total. The number of carbonyl (C=O) groups is 1. The molecule has 1 nitrogen and oxygen atoms in total. The van der Waals surface area contributed by atoms with Crippen LogP contribution in [0.5, 0.6) is 0 Å². The van der Waals surface area contributed by atoms with Gasteiger partial charge >= 0.3 is 0 Å². The van der Waals surface area contributed by atoms with Crippen molar-refractivity contribution < 1.29 is 4.79 Å². The van der Waals surface area contributed by atoms with Crippen LogP contribution in [0.2, 0.25) is 5.02 Å². The smallest absolute Gasteiger partial charge is 0.151 e. The fraction of sp³-hybridized carbons (Fsp3) is 0.300. The largest absolute Gasteiger partial charge is 0.298 e. The number of rotatable bonds is 2. The lowest BCUT2D eigenvalue weighted by atomic mass is 10.0. The predicted molar refractivity (Wildman–Crippen MR) is 50.9 cm³/mol. The van der Waals surface area contributed by atoms with Crippen LogP contribution in [0.4, 0.5) is 0 Å². The third kappa shape index (κ3) is 1.67. The van der Waals surface area contributed by atoms with Gasteiger partial charge in [0.2, 0.25) is 0 Å². The first-order chi connectivity index (χ1) is 5.66. The molecule has 0 radical (unpaired) electrons. The van der Waals surface area contributed by atoms with E-state index in [1.807, 2.05) is 12.1 Å². The Kier molecular flexibility index (Phi) is 2.88. The van der Waals surface area contributed by atoms with Crippen LogP contribution in [-0.2, 0) is 0 Å². The van der Waals surface area contributed by atoms with Crippen molar-refractivity contribution in [2.45, 2.75) is 19.8 Å². The molecule has 0 saturated heterocycles. The maximum Gasteiger partial charge on any atom is 0.151 e. The number of hydrogen-bond donors (Lipinski definition) is 0. The summed E-state index contributed by atoms with van der Waals surface area (Å²) in [5.41, 5.74) is 1.60. The summed E-state index contributed by atoms with van der Waals surface area (Å²) >= 11 is 5.97. The maximum absolute atomic E-state index is 10.5. The number of benzene rings is 1. The Morgan fingerprint density at radius 1 is 1.42 bits per heavy atom. The molecule has 0 saturated carbocycles. The zero-order chi connectivity index (χ0) is 9.14. The molecular formula is C10H11ClO. The lowest BCUT2D eigenvalue weighted by Gasteiger charge is -2.08. The Balaban J connectivity index is 3.22. The minimum absolute atomic E-state index is 0.359. The molecule has 0 atom stereocenters. The highest BCUT2D eigenvalue weighted by Crippen LogP contribution is 2.26. The van der Waals surface area contributed by atoms with Crippen molar-refractivity contribution in [3.8, 4) is 0 Å². The molecule has 2 heteroatoms. The summed E-state index contributed by atoms with van der Waals surface area (Å²) in [5.74, 6) is 0.359. The van der Waals surface area contributed by atoms with Gasteiger partial charge in [0.25, 0.3) is 0 Å². The van der Waals surface area contributed by atoms with Gasteiger partial charge in [0.05, 0.1) is 5.02 Å². The molecular weight excluding hydrogens is 172 g/mol. The molecule has 0 unspecified atom stereocenters. The Labute approximate surface area is 77.4 Å². The molecule has 0 aliphatic heterocycles. The molecule has 0 heterocycles. The van der Waals surface area contributed by atoms with Gasteiger partial charge in [0, 0.05) is 5.56 Å². The van der Waals surface area contributed by atoms with Gasteiger partial charge in [-0.15, -0.1) is 0 Å². The summed E-state index contributed by atoms with van der Waals surface area (Å²) < 4.78 is 0. The first-order valence-electron chi connectivity index (χ1n) is 3.90. The predicted octanol–water partition coefficient (Wildman–Crippen LogP) is 3.28. The lowest BCUT2D eigenvalue weighted by Crippen LogP contribution is -1.92. The summed E-state index contributed by atoms with van der Waals surface area (Å²) in [6.45, 7) is 4.10. The van der Waals surface area contributed by atoms with E-state index >= 15 is 0 Å². The molecule has 12 heavy (non-hydrogen) atoms. The van der Waals surface area contributed by atoms with Crippen molar-refractivity contribution in [2.75, 3.05) is 0 Å². The van der Waals surface area contributed by atoms with Crippen molar-refractivity contribution in [2.24, 2.45) is 0 Å². The van der Waals surface area contributed by atoms with Crippen molar-refractivity contribution in [3.05, 3.63) is 34.3 Å². The normalized spacial score (nSPS) is 10.3. The summed E-state index contributed by atoms with van der Waals surface area (Å²) in [5, 5.41) is 0.586. The minimum Gasteiger partial charge on any atom is -0.298 e.